The van der Waals surface area contributed by atoms with Crippen LogP contribution in [-0.2, 0) is 4.79 Å². The van der Waals surface area contributed by atoms with E-state index in [0.29, 0.717) is 22.6 Å². The minimum absolute atomic E-state index is 0.0355. The molecule has 0 fully saturated rings. The number of ketones is 1. The fourth-order valence-electron chi connectivity index (χ4n) is 3.04. The van der Waals surface area contributed by atoms with E-state index in [4.69, 9.17) is 26.6 Å². The van der Waals surface area contributed by atoms with Crippen LogP contribution in [-0.4, -0.2) is 41.6 Å². The first-order chi connectivity index (χ1) is 21.1. The van der Waals surface area contributed by atoms with Gasteiger partial charge in [-0.2, -0.15) is 0 Å². The molecule has 0 aliphatic rings. The van der Waals surface area contributed by atoms with Gasteiger partial charge in [-0.15, -0.1) is 0 Å². The van der Waals surface area contributed by atoms with Gasteiger partial charge in [-0.1, -0.05) is 65.8 Å². The predicted molar refractivity (Wildman–Crippen MR) is 175 cm³/mol. The highest BCUT2D eigenvalue weighted by Gasteiger charge is 2.40. The molecule has 0 aromatic heterocycles. The van der Waals surface area contributed by atoms with Crippen molar-refractivity contribution in [1.29, 1.82) is 0 Å². The molecule has 0 aliphatic carbocycles. The third-order valence-corrected chi connectivity index (χ3v) is 16.4. The lowest BCUT2D eigenvalue weighted by molar-refractivity contribution is -0.110. The minimum Gasteiger partial charge on any atom is -0.541 e. The Labute approximate surface area is 257 Å². The van der Waals surface area contributed by atoms with Crippen LogP contribution in [0.2, 0.25) is 36.3 Å². The van der Waals surface area contributed by atoms with E-state index in [1.807, 2.05) is 26.2 Å². The summed E-state index contributed by atoms with van der Waals surface area (Å²) < 4.78 is 68.5. The molecular formula is C33H48O6Si2. The zero-order valence-electron chi connectivity index (χ0n) is 31.8. The molecule has 0 heterocycles. The number of rotatable bonds is 11. The molecule has 0 spiro atoms. The summed E-state index contributed by atoms with van der Waals surface area (Å²) in [6.45, 7) is 20.6. The smallest absolute Gasteiger partial charge is 0.250 e. The Hall–Kier alpha value is -3.24. The van der Waals surface area contributed by atoms with E-state index < -0.39 is 36.5 Å². The van der Waals surface area contributed by atoms with Gasteiger partial charge in [-0.25, -0.2) is 0 Å². The lowest BCUT2D eigenvalue weighted by atomic mass is 10.1. The molecule has 2 aromatic rings. The summed E-state index contributed by atoms with van der Waals surface area (Å²) >= 11 is 0. The first-order valence-corrected chi connectivity index (χ1v) is 19.3. The largest absolute Gasteiger partial charge is 0.541 e. The van der Waals surface area contributed by atoms with Crippen molar-refractivity contribution in [3.05, 3.63) is 71.5 Å². The van der Waals surface area contributed by atoms with Gasteiger partial charge >= 0.3 is 0 Å². The van der Waals surface area contributed by atoms with E-state index >= 15 is 0 Å². The minimum atomic E-state index is -2.71. The van der Waals surface area contributed by atoms with E-state index in [2.05, 4.69) is 41.5 Å². The number of aliphatic hydroxyl groups is 1. The summed E-state index contributed by atoms with van der Waals surface area (Å²) in [6, 6.07) is 9.60. The van der Waals surface area contributed by atoms with Gasteiger partial charge in [0.15, 0.2) is 17.3 Å². The van der Waals surface area contributed by atoms with Crippen LogP contribution in [0.15, 0.2) is 60.4 Å². The van der Waals surface area contributed by atoms with Gasteiger partial charge in [-0.05, 0) is 83.8 Å². The maximum Gasteiger partial charge on any atom is 0.250 e. The normalized spacial score (nSPS) is 16.3. The molecule has 1 N–H and O–H groups in total. The van der Waals surface area contributed by atoms with Crippen LogP contribution in [0.25, 0.3) is 12.2 Å². The van der Waals surface area contributed by atoms with Crippen molar-refractivity contribution in [3.63, 3.8) is 0 Å². The number of hydrogen-bond acceptors (Lipinski definition) is 6. The van der Waals surface area contributed by atoms with Crippen molar-refractivity contribution in [2.24, 2.45) is 0 Å². The van der Waals surface area contributed by atoms with Crippen LogP contribution in [0.3, 0.4) is 0 Å². The molecule has 0 atom stereocenters. The second-order valence-electron chi connectivity index (χ2n) is 13.0. The van der Waals surface area contributed by atoms with Gasteiger partial charge in [0, 0.05) is 6.08 Å². The molecule has 0 amide bonds. The van der Waals surface area contributed by atoms with Crippen LogP contribution in [0.5, 0.6) is 23.0 Å². The number of ether oxygens (including phenoxy) is 2. The summed E-state index contributed by atoms with van der Waals surface area (Å²) in [6.07, 6.45) is 6.51. The molecule has 0 saturated heterocycles. The Kier molecular flexibility index (Phi) is 8.18. The Morgan fingerprint density at radius 2 is 1.15 bits per heavy atom. The molecule has 8 heteroatoms. The average molecular weight is 603 g/mol. The molecule has 0 radical (unpaired) electrons. The van der Waals surface area contributed by atoms with Gasteiger partial charge in [0.25, 0.3) is 16.6 Å². The van der Waals surface area contributed by atoms with Crippen molar-refractivity contribution < 1.29 is 36.5 Å². The Morgan fingerprint density at radius 3 is 1.54 bits per heavy atom. The van der Waals surface area contributed by atoms with Crippen molar-refractivity contribution in [2.75, 3.05) is 14.1 Å². The molecule has 2 rings (SSSR count). The highest BCUT2D eigenvalue weighted by Crippen LogP contribution is 2.41. The zero-order chi connectivity index (χ0) is 36.2. The fraction of sp³-hybridized carbons (Fsp3) is 0.424. The number of carbonyl (C=O) groups is 1. The lowest BCUT2D eigenvalue weighted by Gasteiger charge is -2.36. The number of methoxy groups -OCH3 is 2. The van der Waals surface area contributed by atoms with Crippen LogP contribution in [0, 0.1) is 0 Å². The molecule has 0 saturated carbocycles. The molecule has 0 unspecified atom stereocenters. The summed E-state index contributed by atoms with van der Waals surface area (Å²) in [5.41, 5.74) is 1.00. The molecule has 2 aromatic carbocycles. The second kappa shape index (κ2) is 13.2. The third kappa shape index (κ3) is 9.40. The number of benzene rings is 2. The third-order valence-electron chi connectivity index (χ3n) is 7.67. The van der Waals surface area contributed by atoms with Crippen LogP contribution < -0.4 is 18.3 Å². The van der Waals surface area contributed by atoms with Gasteiger partial charge in [0.05, 0.1) is 22.3 Å². The Balaban J connectivity index is 2.28. The van der Waals surface area contributed by atoms with E-state index in [0.717, 1.165) is 6.08 Å². The summed E-state index contributed by atoms with van der Waals surface area (Å²) in [5.74, 6) is -0.168. The lowest BCUT2D eigenvalue weighted by Crippen LogP contribution is -2.43. The molecule has 224 valence electrons. The summed E-state index contributed by atoms with van der Waals surface area (Å²) in [7, 11) is -10.0. The van der Waals surface area contributed by atoms with E-state index in [1.165, 1.54) is 36.4 Å². The average Bonchev–Trinajstić information content (AvgIpc) is 2.85. The fourth-order valence-corrected chi connectivity index (χ4v) is 5.09. The second-order valence-corrected chi connectivity index (χ2v) is 22.4. The van der Waals surface area contributed by atoms with Crippen molar-refractivity contribution >= 4 is 34.6 Å². The molecule has 41 heavy (non-hydrogen) atoms. The predicted octanol–water partition coefficient (Wildman–Crippen LogP) is 9.21. The molecule has 0 bridgehead atoms. The van der Waals surface area contributed by atoms with Crippen LogP contribution >= 0.6 is 0 Å². The van der Waals surface area contributed by atoms with Gasteiger partial charge < -0.3 is 23.4 Å². The summed E-state index contributed by atoms with van der Waals surface area (Å²) in [4.78, 5) is 12.6. The van der Waals surface area contributed by atoms with Crippen molar-refractivity contribution in [1.82, 2.24) is 0 Å². The summed E-state index contributed by atoms with van der Waals surface area (Å²) in [5, 5.41) is 10.1. The first kappa shape index (κ1) is 25.5. The van der Waals surface area contributed by atoms with Crippen LogP contribution in [0.1, 0.15) is 60.9 Å². The van der Waals surface area contributed by atoms with Crippen LogP contribution in [0.4, 0.5) is 0 Å². The molecule has 0 aliphatic heterocycles. The highest BCUT2D eigenvalue weighted by molar-refractivity contribution is 6.75. The van der Waals surface area contributed by atoms with Gasteiger partial charge in [0.1, 0.15) is 17.3 Å². The first-order valence-electron chi connectivity index (χ1n) is 16.4. The Bertz CT molecular complexity index is 1510. The van der Waals surface area contributed by atoms with E-state index in [9.17, 15) is 9.90 Å². The number of carbonyl (C=O) groups excluding carboxylic acids is 1. The maximum atomic E-state index is 12.6. The van der Waals surface area contributed by atoms with Crippen molar-refractivity contribution in [3.8, 4) is 23.0 Å². The SMILES string of the molecule is [2H]C([2H])([2H])Oc1cc(/C=C/C(=O)C=C(O)/C=C/c2ccc(O[Si](C)(C)C(C)(C)C)c(OC([2H])([2H])[2H])c2)ccc1O[Si](C)(C)C(C)(C)C. The zero-order valence-corrected chi connectivity index (χ0v) is 27.8. The number of allylic oxidation sites excluding steroid dienone is 3. The number of aliphatic hydroxyl groups excluding tert-OH is 1. The van der Waals surface area contributed by atoms with Gasteiger partial charge in [-0.3, -0.25) is 4.79 Å². The topological polar surface area (TPSA) is 74.2 Å². The quantitative estimate of drug-likeness (QED) is 0.120. The Morgan fingerprint density at radius 1 is 0.732 bits per heavy atom. The number of hydrogen-bond donors (Lipinski definition) is 1. The molecule has 6 nitrogen and oxygen atoms in total. The monoisotopic (exact) mass is 602 g/mol. The highest BCUT2D eigenvalue weighted by atomic mass is 28.4. The standard InChI is InChI=1S/C33H48O6Si2/c1-32(2,3)40(9,10)38-28-19-15-24(21-30(28)36-7)13-17-26(34)23-27(35)18-14-25-16-20-29(31(22-25)37-8)39-41(11,12)33(4,5)6/h13-23,34H,1-12H3/b17-13+,18-14+,26-23?/i7D3,8D3. The van der Waals surface area contributed by atoms with Crippen molar-refractivity contribution in [2.45, 2.75) is 77.8 Å². The van der Waals surface area contributed by atoms with E-state index in [-0.39, 0.29) is 27.3 Å². The molecular weight excluding hydrogens is 549 g/mol. The van der Waals surface area contributed by atoms with Gasteiger partial charge in [0.2, 0.25) is 0 Å². The van der Waals surface area contributed by atoms with E-state index in [1.54, 1.807) is 24.3 Å². The maximum absolute atomic E-state index is 12.6.